The van der Waals surface area contributed by atoms with Crippen molar-refractivity contribution in [1.29, 1.82) is 0 Å². The Morgan fingerprint density at radius 1 is 0.486 bits per heavy atom. The number of benzene rings is 4. The molecular formula is C30H32B2N2O3. The third-order valence-electron chi connectivity index (χ3n) is 5.58. The van der Waals surface area contributed by atoms with E-state index in [2.05, 4.69) is 34.9 Å². The molecule has 0 amide bonds. The van der Waals surface area contributed by atoms with Gasteiger partial charge in [0.15, 0.2) is 0 Å². The molecule has 186 valence electrons. The molecule has 0 unspecified atom stereocenters. The minimum Gasteiger partial charge on any atom is -0.432 e. The van der Waals surface area contributed by atoms with E-state index in [1.807, 2.05) is 84.9 Å². The summed E-state index contributed by atoms with van der Waals surface area (Å²) in [6.45, 7) is 3.85. The summed E-state index contributed by atoms with van der Waals surface area (Å²) in [6, 6.07) is 36.7. The zero-order valence-corrected chi connectivity index (χ0v) is 21.0. The number of hydrogen-bond acceptors (Lipinski definition) is 5. The van der Waals surface area contributed by atoms with Gasteiger partial charge in [0.2, 0.25) is 0 Å². The Morgan fingerprint density at radius 2 is 0.892 bits per heavy atom. The quantitative estimate of drug-likeness (QED) is 0.183. The summed E-state index contributed by atoms with van der Waals surface area (Å²) in [5, 5.41) is 6.65. The first-order valence-corrected chi connectivity index (χ1v) is 12.6. The zero-order chi connectivity index (χ0) is 25.4. The normalized spacial score (nSPS) is 10.6. The molecule has 0 heterocycles. The fraction of sp³-hybridized carbons (Fsp3) is 0.200. The van der Waals surface area contributed by atoms with Gasteiger partial charge >= 0.3 is 15.0 Å². The van der Waals surface area contributed by atoms with Crippen molar-refractivity contribution >= 4 is 37.3 Å². The first-order chi connectivity index (χ1) is 18.3. The van der Waals surface area contributed by atoms with Crippen molar-refractivity contribution in [3.8, 4) is 0 Å². The molecule has 5 nitrogen and oxygen atoms in total. The van der Waals surface area contributed by atoms with Gasteiger partial charge in [-0.1, -0.05) is 95.9 Å². The molecule has 0 saturated carbocycles. The van der Waals surface area contributed by atoms with E-state index < -0.39 is 0 Å². The summed E-state index contributed by atoms with van der Waals surface area (Å²) in [7, 11) is 3.58. The molecule has 0 aliphatic carbocycles. The van der Waals surface area contributed by atoms with Gasteiger partial charge in [-0.25, -0.2) is 0 Å². The van der Waals surface area contributed by atoms with Crippen LogP contribution in [0.1, 0.15) is 11.1 Å². The van der Waals surface area contributed by atoms with Crippen LogP contribution in [-0.4, -0.2) is 41.3 Å². The van der Waals surface area contributed by atoms with E-state index in [1.54, 1.807) is 15.0 Å². The first kappa shape index (κ1) is 26.6. The van der Waals surface area contributed by atoms with Gasteiger partial charge in [-0.2, -0.15) is 0 Å². The third kappa shape index (κ3) is 10.2. The number of anilines is 2. The first-order valence-electron chi connectivity index (χ1n) is 12.6. The minimum absolute atomic E-state index is 0.563. The number of hydrogen-bond donors (Lipinski definition) is 2. The second-order valence-electron chi connectivity index (χ2n) is 8.54. The monoisotopic (exact) mass is 490 g/mol. The Labute approximate surface area is 221 Å². The predicted octanol–water partition coefficient (Wildman–Crippen LogP) is 4.15. The highest BCUT2D eigenvalue weighted by atomic mass is 16.5. The molecule has 2 radical (unpaired) electrons. The van der Waals surface area contributed by atoms with E-state index in [9.17, 15) is 0 Å². The van der Waals surface area contributed by atoms with Crippen molar-refractivity contribution in [3.05, 3.63) is 120 Å². The lowest BCUT2D eigenvalue weighted by Crippen LogP contribution is -2.21. The molecule has 7 heteroatoms. The molecule has 0 atom stereocenters. The Bertz CT molecular complexity index is 1050. The Kier molecular flexibility index (Phi) is 11.2. The van der Waals surface area contributed by atoms with Gasteiger partial charge < -0.3 is 24.7 Å². The lowest BCUT2D eigenvalue weighted by atomic mass is 9.87. The summed E-state index contributed by atoms with van der Waals surface area (Å²) < 4.78 is 17.2. The van der Waals surface area contributed by atoms with Gasteiger partial charge in [0.25, 0.3) is 0 Å². The van der Waals surface area contributed by atoms with Crippen LogP contribution in [0.15, 0.2) is 109 Å². The molecule has 0 spiro atoms. The van der Waals surface area contributed by atoms with E-state index >= 15 is 0 Å². The van der Waals surface area contributed by atoms with Gasteiger partial charge in [0.1, 0.15) is 0 Å². The fourth-order valence-corrected chi connectivity index (χ4v) is 3.60. The van der Waals surface area contributed by atoms with Crippen molar-refractivity contribution < 1.29 is 14.0 Å². The second-order valence-corrected chi connectivity index (χ2v) is 8.54. The van der Waals surface area contributed by atoms with E-state index in [-0.39, 0.29) is 0 Å². The highest BCUT2D eigenvalue weighted by molar-refractivity contribution is 6.47. The molecule has 0 saturated heterocycles. The second kappa shape index (κ2) is 15.6. The van der Waals surface area contributed by atoms with Crippen LogP contribution in [0.3, 0.4) is 0 Å². The van der Waals surface area contributed by atoms with Crippen molar-refractivity contribution in [3.63, 3.8) is 0 Å². The van der Waals surface area contributed by atoms with Crippen LogP contribution >= 0.6 is 0 Å². The lowest BCUT2D eigenvalue weighted by molar-refractivity contribution is 0.107. The molecule has 4 aromatic carbocycles. The summed E-state index contributed by atoms with van der Waals surface area (Å²) in [5.41, 5.74) is 6.53. The third-order valence-corrected chi connectivity index (χ3v) is 5.58. The average Bonchev–Trinajstić information content (AvgIpc) is 2.95. The number of nitrogens with one attached hydrogen (secondary N) is 2. The molecule has 2 N–H and O–H groups in total. The minimum atomic E-state index is 0.563. The molecule has 4 aromatic rings. The van der Waals surface area contributed by atoms with Crippen LogP contribution in [-0.2, 0) is 27.3 Å². The fourth-order valence-electron chi connectivity index (χ4n) is 3.60. The topological polar surface area (TPSA) is 51.8 Å². The molecule has 0 aliphatic heterocycles. The number of rotatable bonds is 16. The largest absolute Gasteiger partial charge is 0.432 e. The Morgan fingerprint density at radius 3 is 1.30 bits per heavy atom. The summed E-state index contributed by atoms with van der Waals surface area (Å²) in [6.07, 6.45) is 0. The van der Waals surface area contributed by atoms with Gasteiger partial charge in [-0.15, -0.1) is 0 Å². The summed E-state index contributed by atoms with van der Waals surface area (Å²) in [4.78, 5) is 0. The van der Waals surface area contributed by atoms with E-state index in [0.29, 0.717) is 26.4 Å². The SMILES string of the molecule is [B](OCCNc1ccccc1)c1ccc(COCc2ccc([B]OCCNc3ccccc3)cc2)cc1. The van der Waals surface area contributed by atoms with Gasteiger partial charge in [0, 0.05) is 37.7 Å². The smallest absolute Gasteiger partial charge is 0.330 e. The van der Waals surface area contributed by atoms with Crippen LogP contribution in [0.2, 0.25) is 0 Å². The lowest BCUT2D eigenvalue weighted by Gasteiger charge is -2.08. The number of para-hydroxylation sites is 2. The predicted molar refractivity (Wildman–Crippen MR) is 154 cm³/mol. The van der Waals surface area contributed by atoms with Crippen LogP contribution < -0.4 is 21.6 Å². The molecule has 37 heavy (non-hydrogen) atoms. The van der Waals surface area contributed by atoms with Gasteiger partial charge in [-0.05, 0) is 35.4 Å². The van der Waals surface area contributed by atoms with Gasteiger partial charge in [0.05, 0.1) is 13.2 Å². The highest BCUT2D eigenvalue weighted by Gasteiger charge is 2.02. The van der Waals surface area contributed by atoms with Crippen molar-refractivity contribution in [1.82, 2.24) is 0 Å². The molecule has 0 fully saturated rings. The van der Waals surface area contributed by atoms with Crippen LogP contribution in [0, 0.1) is 0 Å². The zero-order valence-electron chi connectivity index (χ0n) is 21.0. The van der Waals surface area contributed by atoms with E-state index in [0.717, 1.165) is 46.5 Å². The van der Waals surface area contributed by atoms with Gasteiger partial charge in [-0.3, -0.25) is 0 Å². The van der Waals surface area contributed by atoms with Crippen molar-refractivity contribution in [2.24, 2.45) is 0 Å². The van der Waals surface area contributed by atoms with Crippen LogP contribution in [0.25, 0.3) is 0 Å². The Balaban J connectivity index is 1.05. The Hall–Kier alpha value is -3.51. The van der Waals surface area contributed by atoms with E-state index in [4.69, 9.17) is 14.0 Å². The summed E-state index contributed by atoms with van der Waals surface area (Å²) in [5.74, 6) is 0. The maximum Gasteiger partial charge on any atom is 0.330 e. The van der Waals surface area contributed by atoms with Crippen molar-refractivity contribution in [2.45, 2.75) is 13.2 Å². The maximum atomic E-state index is 5.90. The summed E-state index contributed by atoms with van der Waals surface area (Å²) >= 11 is 0. The molecule has 0 bridgehead atoms. The molecule has 4 rings (SSSR count). The van der Waals surface area contributed by atoms with Crippen molar-refractivity contribution in [2.75, 3.05) is 36.9 Å². The number of ether oxygens (including phenoxy) is 1. The molecular weight excluding hydrogens is 458 g/mol. The standard InChI is InChI=1S/C30H32B2N2O3/c1-3-7-29(8-4-1)33-19-21-36-31-27-15-11-25(12-16-27)23-35-24-26-13-17-28(18-14-26)32-37-22-20-34-30-9-5-2-6-10-30/h1-18,33-34H,19-24H2. The highest BCUT2D eigenvalue weighted by Crippen LogP contribution is 2.06. The molecule has 0 aromatic heterocycles. The maximum absolute atomic E-state index is 5.90. The average molecular weight is 490 g/mol. The molecule has 0 aliphatic rings. The van der Waals surface area contributed by atoms with Crippen LogP contribution in [0.4, 0.5) is 11.4 Å². The van der Waals surface area contributed by atoms with E-state index in [1.165, 1.54) is 0 Å². The van der Waals surface area contributed by atoms with Crippen LogP contribution in [0.5, 0.6) is 0 Å².